The summed E-state index contributed by atoms with van der Waals surface area (Å²) in [6.07, 6.45) is 4.57. The van der Waals surface area contributed by atoms with Gasteiger partial charge in [-0.05, 0) is 38.4 Å². The van der Waals surface area contributed by atoms with Crippen LogP contribution >= 0.6 is 0 Å². The van der Waals surface area contributed by atoms with E-state index in [4.69, 9.17) is 4.74 Å². The normalized spacial score (nSPS) is 18.9. The van der Waals surface area contributed by atoms with Crippen molar-refractivity contribution in [3.05, 3.63) is 23.9 Å². The summed E-state index contributed by atoms with van der Waals surface area (Å²) in [6, 6.07) is 4.63. The molecule has 0 spiro atoms. The quantitative estimate of drug-likeness (QED) is 0.885. The van der Waals surface area contributed by atoms with Crippen LogP contribution in [-0.2, 0) is 4.74 Å². The fourth-order valence-corrected chi connectivity index (χ4v) is 2.33. The molecule has 18 heavy (non-hydrogen) atoms. The van der Waals surface area contributed by atoms with Gasteiger partial charge in [-0.25, -0.2) is 4.98 Å². The van der Waals surface area contributed by atoms with E-state index in [2.05, 4.69) is 34.3 Å². The maximum atomic E-state index is 5.39. The van der Waals surface area contributed by atoms with Crippen LogP contribution in [0.1, 0.15) is 31.4 Å². The molecule has 0 radical (unpaired) electrons. The lowest BCUT2D eigenvalue weighted by molar-refractivity contribution is 0.0818. The lowest BCUT2D eigenvalue weighted by Crippen LogP contribution is -2.37. The van der Waals surface area contributed by atoms with Gasteiger partial charge in [0.05, 0.1) is 6.10 Å². The van der Waals surface area contributed by atoms with E-state index in [0.29, 0.717) is 12.1 Å². The standard InChI is InChI=1S/C14H23N3O/c1-11(15-2)12-4-5-14(16-10-12)17-8-6-13(18-3)7-9-17/h4-5,10-11,13,15H,6-9H2,1-3H3. The molecule has 1 unspecified atom stereocenters. The Morgan fingerprint density at radius 1 is 1.39 bits per heavy atom. The van der Waals surface area contributed by atoms with E-state index in [1.165, 1.54) is 5.56 Å². The number of pyridine rings is 1. The van der Waals surface area contributed by atoms with Crippen LogP contribution < -0.4 is 10.2 Å². The summed E-state index contributed by atoms with van der Waals surface area (Å²) < 4.78 is 5.39. The first kappa shape index (κ1) is 13.3. The Bertz CT molecular complexity index is 358. The van der Waals surface area contributed by atoms with E-state index in [1.807, 2.05) is 13.2 Å². The number of methoxy groups -OCH3 is 1. The number of aromatic nitrogens is 1. The van der Waals surface area contributed by atoms with Gasteiger partial charge in [-0.15, -0.1) is 0 Å². The third-order valence-corrected chi connectivity index (χ3v) is 3.80. The molecule has 1 fully saturated rings. The Kier molecular flexibility index (Phi) is 4.55. The summed E-state index contributed by atoms with van der Waals surface area (Å²) in [4.78, 5) is 6.90. The van der Waals surface area contributed by atoms with Gasteiger partial charge >= 0.3 is 0 Å². The summed E-state index contributed by atoms with van der Waals surface area (Å²) in [5, 5.41) is 3.22. The number of rotatable bonds is 4. The Hall–Kier alpha value is -1.13. The number of ether oxygens (including phenoxy) is 1. The maximum Gasteiger partial charge on any atom is 0.128 e. The molecule has 100 valence electrons. The molecule has 4 nitrogen and oxygen atoms in total. The van der Waals surface area contributed by atoms with Gasteiger partial charge in [-0.1, -0.05) is 6.07 Å². The molecule has 2 heterocycles. The van der Waals surface area contributed by atoms with E-state index in [1.54, 1.807) is 7.11 Å². The number of hydrogen-bond donors (Lipinski definition) is 1. The smallest absolute Gasteiger partial charge is 0.128 e. The topological polar surface area (TPSA) is 37.4 Å². The van der Waals surface area contributed by atoms with Crippen molar-refractivity contribution in [1.29, 1.82) is 0 Å². The van der Waals surface area contributed by atoms with Crippen molar-refractivity contribution in [2.45, 2.75) is 31.9 Å². The van der Waals surface area contributed by atoms with Crippen LogP contribution in [0.4, 0.5) is 5.82 Å². The molecule has 0 amide bonds. The fraction of sp³-hybridized carbons (Fsp3) is 0.643. The first-order valence-electron chi connectivity index (χ1n) is 6.65. The van der Waals surface area contributed by atoms with E-state index in [0.717, 1.165) is 31.7 Å². The van der Waals surface area contributed by atoms with Crippen LogP contribution in [0, 0.1) is 0 Å². The third kappa shape index (κ3) is 3.00. The molecule has 1 N–H and O–H groups in total. The number of nitrogens with one attached hydrogen (secondary N) is 1. The van der Waals surface area contributed by atoms with Gasteiger partial charge in [0, 0.05) is 32.4 Å². The molecule has 1 aliphatic rings. The van der Waals surface area contributed by atoms with Gasteiger partial charge in [0.1, 0.15) is 5.82 Å². The van der Waals surface area contributed by atoms with E-state index >= 15 is 0 Å². The summed E-state index contributed by atoms with van der Waals surface area (Å²) in [6.45, 7) is 4.21. The van der Waals surface area contributed by atoms with Crippen molar-refractivity contribution in [3.8, 4) is 0 Å². The summed E-state index contributed by atoms with van der Waals surface area (Å²) in [5.41, 5.74) is 1.23. The minimum Gasteiger partial charge on any atom is -0.381 e. The first-order chi connectivity index (χ1) is 8.74. The second-order valence-electron chi connectivity index (χ2n) is 4.88. The Morgan fingerprint density at radius 3 is 2.61 bits per heavy atom. The average Bonchev–Trinajstić information content (AvgIpc) is 2.47. The fourth-order valence-electron chi connectivity index (χ4n) is 2.33. The molecule has 0 aliphatic carbocycles. The zero-order valence-corrected chi connectivity index (χ0v) is 11.5. The SMILES string of the molecule is CNC(C)c1ccc(N2CCC(OC)CC2)nc1. The van der Waals surface area contributed by atoms with Crippen LogP contribution in [0.5, 0.6) is 0 Å². The van der Waals surface area contributed by atoms with Crippen molar-refractivity contribution < 1.29 is 4.74 Å². The molecule has 0 aromatic carbocycles. The van der Waals surface area contributed by atoms with Crippen molar-refractivity contribution >= 4 is 5.82 Å². The van der Waals surface area contributed by atoms with Crippen molar-refractivity contribution in [2.24, 2.45) is 0 Å². The number of nitrogens with zero attached hydrogens (tertiary/aromatic N) is 2. The number of hydrogen-bond acceptors (Lipinski definition) is 4. The minimum absolute atomic E-state index is 0.353. The Labute approximate surface area is 109 Å². The predicted molar refractivity (Wildman–Crippen MR) is 74.0 cm³/mol. The largest absolute Gasteiger partial charge is 0.381 e. The van der Waals surface area contributed by atoms with E-state index in [9.17, 15) is 0 Å². The van der Waals surface area contributed by atoms with Gasteiger partial charge in [0.2, 0.25) is 0 Å². The highest BCUT2D eigenvalue weighted by molar-refractivity contribution is 5.40. The van der Waals surface area contributed by atoms with Crippen LogP contribution in [0.25, 0.3) is 0 Å². The average molecular weight is 249 g/mol. The van der Waals surface area contributed by atoms with Crippen molar-refractivity contribution in [2.75, 3.05) is 32.1 Å². The van der Waals surface area contributed by atoms with Gasteiger partial charge in [-0.3, -0.25) is 0 Å². The zero-order valence-electron chi connectivity index (χ0n) is 11.5. The molecule has 4 heteroatoms. The minimum atomic E-state index is 0.353. The second kappa shape index (κ2) is 6.16. The summed E-state index contributed by atoms with van der Waals surface area (Å²) >= 11 is 0. The number of piperidine rings is 1. The molecular weight excluding hydrogens is 226 g/mol. The highest BCUT2D eigenvalue weighted by Crippen LogP contribution is 2.20. The molecular formula is C14H23N3O. The van der Waals surface area contributed by atoms with Gasteiger partial charge < -0.3 is 15.0 Å². The lowest BCUT2D eigenvalue weighted by atomic mass is 10.1. The highest BCUT2D eigenvalue weighted by atomic mass is 16.5. The van der Waals surface area contributed by atoms with E-state index < -0.39 is 0 Å². The van der Waals surface area contributed by atoms with Crippen LogP contribution in [0.3, 0.4) is 0 Å². The zero-order chi connectivity index (χ0) is 13.0. The molecule has 1 atom stereocenters. The van der Waals surface area contributed by atoms with Gasteiger partial charge in [0.25, 0.3) is 0 Å². The van der Waals surface area contributed by atoms with Gasteiger partial charge in [0.15, 0.2) is 0 Å². The molecule has 0 bridgehead atoms. The summed E-state index contributed by atoms with van der Waals surface area (Å²) in [7, 11) is 3.76. The van der Waals surface area contributed by atoms with Crippen molar-refractivity contribution in [3.63, 3.8) is 0 Å². The van der Waals surface area contributed by atoms with Crippen LogP contribution in [0.15, 0.2) is 18.3 Å². The third-order valence-electron chi connectivity index (χ3n) is 3.80. The van der Waals surface area contributed by atoms with Crippen LogP contribution in [-0.4, -0.2) is 38.3 Å². The maximum absolute atomic E-state index is 5.39. The second-order valence-corrected chi connectivity index (χ2v) is 4.88. The van der Waals surface area contributed by atoms with Gasteiger partial charge in [-0.2, -0.15) is 0 Å². The lowest BCUT2D eigenvalue weighted by Gasteiger charge is -2.32. The molecule has 1 aliphatic heterocycles. The van der Waals surface area contributed by atoms with E-state index in [-0.39, 0.29) is 0 Å². The predicted octanol–water partition coefficient (Wildman–Crippen LogP) is 1.98. The van der Waals surface area contributed by atoms with Crippen LogP contribution in [0.2, 0.25) is 0 Å². The highest BCUT2D eigenvalue weighted by Gasteiger charge is 2.19. The molecule has 1 saturated heterocycles. The summed E-state index contributed by atoms with van der Waals surface area (Å²) in [5.74, 6) is 1.08. The Balaban J connectivity index is 1.98. The number of anilines is 1. The molecule has 0 saturated carbocycles. The molecule has 1 aromatic rings. The molecule has 1 aromatic heterocycles. The monoisotopic (exact) mass is 249 g/mol. The first-order valence-corrected chi connectivity index (χ1v) is 6.65. The molecule has 2 rings (SSSR count). The Morgan fingerprint density at radius 2 is 2.11 bits per heavy atom. The van der Waals surface area contributed by atoms with Crippen molar-refractivity contribution in [1.82, 2.24) is 10.3 Å².